The van der Waals surface area contributed by atoms with E-state index in [1.807, 2.05) is 60.7 Å². The molecule has 2 aliphatic heterocycles. The third kappa shape index (κ3) is 29.5. The van der Waals surface area contributed by atoms with Gasteiger partial charge in [-0.2, -0.15) is 0 Å². The smallest absolute Gasteiger partial charge is 0.306 e. The summed E-state index contributed by atoms with van der Waals surface area (Å²) in [7, 11) is 0. The fourth-order valence-electron chi connectivity index (χ4n) is 7.87. The topological polar surface area (TPSA) is 155 Å². The number of esters is 3. The van der Waals surface area contributed by atoms with Gasteiger partial charge in [0.05, 0.1) is 33.0 Å². The highest BCUT2D eigenvalue weighted by Crippen LogP contribution is 2.29. The predicted octanol–water partition coefficient (Wildman–Crippen LogP) is 12.6. The number of ether oxygens (including phenoxy) is 5. The van der Waals surface area contributed by atoms with Crippen molar-refractivity contribution in [3.05, 3.63) is 71.8 Å². The van der Waals surface area contributed by atoms with Crippen LogP contribution in [-0.2, 0) is 56.1 Å². The lowest BCUT2D eigenvalue weighted by molar-refractivity contribution is -0.169. The first-order valence-corrected chi connectivity index (χ1v) is 25.3. The summed E-state index contributed by atoms with van der Waals surface area (Å²) in [4.78, 5) is 45.2. The third-order valence-electron chi connectivity index (χ3n) is 11.9. The Hall–Kier alpha value is -3.80. The molecule has 0 spiro atoms. The van der Waals surface area contributed by atoms with Gasteiger partial charge in [-0.3, -0.25) is 19.2 Å². The van der Waals surface area contributed by atoms with Gasteiger partial charge in [0.2, 0.25) is 0 Å². The van der Waals surface area contributed by atoms with Gasteiger partial charge < -0.3 is 33.9 Å². The Morgan fingerprint density at radius 3 is 1.26 bits per heavy atom. The molecule has 2 fully saturated rings. The van der Waals surface area contributed by atoms with Crippen LogP contribution in [0, 0.1) is 0 Å². The van der Waals surface area contributed by atoms with Crippen LogP contribution in [0.2, 0.25) is 0 Å². The number of cyclic esters (lactones) is 2. The van der Waals surface area contributed by atoms with E-state index < -0.39 is 17.2 Å². The molecule has 2 unspecified atom stereocenters. The summed E-state index contributed by atoms with van der Waals surface area (Å²) in [5.74, 6) is -1.39. The lowest BCUT2D eigenvalue weighted by Gasteiger charge is -2.27. The molecule has 11 heteroatoms. The standard InChI is InChI=1S/C27H42O5.C14H28O2.C13H16O4/c1-2-3-4-5-6-7-8-9-10-11-15-18-25(28)31-23-27(20-19-26(29)32-27)22-30-21-24-16-13-12-14-17-24;1-2-3-4-5-6-7-8-9-10-11-12-13-14(15)16;14-9-13(7-6-12(15)17-13)10-16-8-11-4-2-1-3-5-11/h12-14,16-17H,2-11,15,18-23H2,1H3;2-13H2,1H3,(H,15,16);1-5,14H,6-10H2. The van der Waals surface area contributed by atoms with Gasteiger partial charge in [0.25, 0.3) is 0 Å². The SMILES string of the molecule is CCCCCCCCCCCCCC(=O)O.CCCCCCCCCCCCCC(=O)OCC1(COCc2ccccc2)CCC(=O)O1.O=C1CCC(CO)(COCc2ccccc2)O1. The molecule has 2 aliphatic rings. The molecule has 368 valence electrons. The normalized spacial score (nSPS) is 17.6. The number of carboxylic acids is 1. The minimum Gasteiger partial charge on any atom is -0.481 e. The van der Waals surface area contributed by atoms with Crippen molar-refractivity contribution in [1.82, 2.24) is 0 Å². The minimum absolute atomic E-state index is 0.0738. The Morgan fingerprint density at radius 2 is 0.892 bits per heavy atom. The van der Waals surface area contributed by atoms with Crippen LogP contribution in [0.3, 0.4) is 0 Å². The molecule has 11 nitrogen and oxygen atoms in total. The summed E-state index contributed by atoms with van der Waals surface area (Å²) in [6, 6.07) is 19.6. The molecule has 0 saturated carbocycles. The van der Waals surface area contributed by atoms with Crippen molar-refractivity contribution >= 4 is 23.9 Å². The van der Waals surface area contributed by atoms with E-state index in [4.69, 9.17) is 28.8 Å². The van der Waals surface area contributed by atoms with Gasteiger partial charge in [-0.15, -0.1) is 0 Å². The largest absolute Gasteiger partial charge is 0.481 e. The Morgan fingerprint density at radius 1 is 0.523 bits per heavy atom. The van der Waals surface area contributed by atoms with Crippen LogP contribution in [-0.4, -0.2) is 71.7 Å². The average molecular weight is 911 g/mol. The molecule has 65 heavy (non-hydrogen) atoms. The highest BCUT2D eigenvalue weighted by molar-refractivity contribution is 5.73. The molecule has 0 bridgehead atoms. The van der Waals surface area contributed by atoms with Crippen LogP contribution in [0.5, 0.6) is 0 Å². The van der Waals surface area contributed by atoms with Crippen molar-refractivity contribution < 1.29 is 53.1 Å². The lowest BCUT2D eigenvalue weighted by Crippen LogP contribution is -2.40. The minimum atomic E-state index is -0.849. The van der Waals surface area contributed by atoms with Gasteiger partial charge in [-0.1, -0.05) is 203 Å². The second kappa shape index (κ2) is 37.3. The van der Waals surface area contributed by atoms with Crippen molar-refractivity contribution in [2.45, 2.75) is 218 Å². The maximum absolute atomic E-state index is 12.2. The average Bonchev–Trinajstić information content (AvgIpc) is 3.89. The van der Waals surface area contributed by atoms with Crippen molar-refractivity contribution in [2.24, 2.45) is 0 Å². The van der Waals surface area contributed by atoms with Gasteiger partial charge in [0, 0.05) is 38.5 Å². The highest BCUT2D eigenvalue weighted by atomic mass is 16.6. The number of aliphatic hydroxyl groups excluding tert-OH is 1. The fourth-order valence-corrected chi connectivity index (χ4v) is 7.87. The van der Waals surface area contributed by atoms with Gasteiger partial charge in [0.15, 0.2) is 11.2 Å². The Kier molecular flexibility index (Phi) is 32.9. The molecule has 2 aromatic rings. The Labute approximate surface area is 392 Å². The summed E-state index contributed by atoms with van der Waals surface area (Å²) < 4.78 is 27.4. The fraction of sp³-hybridized carbons (Fsp3) is 0.704. The van der Waals surface area contributed by atoms with Gasteiger partial charge >= 0.3 is 23.9 Å². The summed E-state index contributed by atoms with van der Waals surface area (Å²) >= 11 is 0. The van der Waals surface area contributed by atoms with Crippen LogP contribution in [0.1, 0.15) is 205 Å². The quantitative estimate of drug-likeness (QED) is 0.0386. The van der Waals surface area contributed by atoms with Crippen molar-refractivity contribution in [3.8, 4) is 0 Å². The van der Waals surface area contributed by atoms with Crippen LogP contribution >= 0.6 is 0 Å². The zero-order valence-corrected chi connectivity index (χ0v) is 40.4. The van der Waals surface area contributed by atoms with Crippen LogP contribution < -0.4 is 0 Å². The predicted molar refractivity (Wildman–Crippen MR) is 256 cm³/mol. The molecule has 2 heterocycles. The van der Waals surface area contributed by atoms with Crippen molar-refractivity contribution in [1.29, 1.82) is 0 Å². The van der Waals surface area contributed by atoms with Gasteiger partial charge in [-0.25, -0.2) is 0 Å². The number of rotatable bonds is 35. The molecule has 0 amide bonds. The summed E-state index contributed by atoms with van der Waals surface area (Å²) in [5.41, 5.74) is 0.440. The number of carbonyl (C=O) groups excluding carboxylic acids is 3. The first-order chi connectivity index (χ1) is 31.6. The summed E-state index contributed by atoms with van der Waals surface area (Å²) in [6.07, 6.45) is 30.3. The highest BCUT2D eigenvalue weighted by Gasteiger charge is 2.42. The van der Waals surface area contributed by atoms with Crippen LogP contribution in [0.4, 0.5) is 0 Å². The van der Waals surface area contributed by atoms with Gasteiger partial charge in [-0.05, 0) is 24.0 Å². The van der Waals surface area contributed by atoms with E-state index in [1.54, 1.807) is 0 Å². The van der Waals surface area contributed by atoms with Crippen LogP contribution in [0.25, 0.3) is 0 Å². The van der Waals surface area contributed by atoms with E-state index in [2.05, 4.69) is 13.8 Å². The summed E-state index contributed by atoms with van der Waals surface area (Å²) in [6.45, 7) is 5.75. The second-order valence-corrected chi connectivity index (χ2v) is 18.1. The number of benzene rings is 2. The lowest BCUT2D eigenvalue weighted by atomic mass is 10.0. The molecule has 2 saturated heterocycles. The second-order valence-electron chi connectivity index (χ2n) is 18.1. The molecule has 0 aromatic heterocycles. The zero-order chi connectivity index (χ0) is 47.1. The molecule has 0 radical (unpaired) electrons. The first kappa shape index (κ1) is 57.3. The molecule has 2 aromatic carbocycles. The molecule has 2 atom stereocenters. The number of hydrogen-bond donors (Lipinski definition) is 2. The van der Waals surface area contributed by atoms with E-state index in [0.717, 1.165) is 36.8 Å². The monoisotopic (exact) mass is 911 g/mol. The number of aliphatic hydroxyl groups is 1. The maximum atomic E-state index is 12.2. The van der Waals surface area contributed by atoms with E-state index in [1.165, 1.54) is 116 Å². The first-order valence-electron chi connectivity index (χ1n) is 25.3. The van der Waals surface area contributed by atoms with Crippen LogP contribution in [0.15, 0.2) is 60.7 Å². The zero-order valence-electron chi connectivity index (χ0n) is 40.4. The number of carbonyl (C=O) groups is 4. The molecule has 4 rings (SSSR count). The van der Waals surface area contributed by atoms with E-state index in [-0.39, 0.29) is 44.3 Å². The van der Waals surface area contributed by atoms with Crippen molar-refractivity contribution in [2.75, 3.05) is 26.4 Å². The number of aliphatic carboxylic acids is 1. The maximum Gasteiger partial charge on any atom is 0.306 e. The molecular weight excluding hydrogens is 825 g/mol. The number of unbranched alkanes of at least 4 members (excludes halogenated alkanes) is 20. The van der Waals surface area contributed by atoms with Crippen molar-refractivity contribution in [3.63, 3.8) is 0 Å². The van der Waals surface area contributed by atoms with E-state index >= 15 is 0 Å². The molecule has 0 aliphatic carbocycles. The Bertz CT molecular complexity index is 1500. The van der Waals surface area contributed by atoms with E-state index in [9.17, 15) is 24.3 Å². The molecule has 2 N–H and O–H groups in total. The molecular formula is C54H86O11. The number of carboxylic acid groups (broad SMARTS) is 1. The number of hydrogen-bond acceptors (Lipinski definition) is 10. The Balaban J connectivity index is 0.000000370. The summed E-state index contributed by atoms with van der Waals surface area (Å²) in [5, 5.41) is 17.7. The van der Waals surface area contributed by atoms with E-state index in [0.29, 0.717) is 51.7 Å². The third-order valence-corrected chi connectivity index (χ3v) is 11.9. The van der Waals surface area contributed by atoms with Gasteiger partial charge in [0.1, 0.15) is 6.61 Å².